The SMILES string of the molecule is CCCC1CCCCN1C(C)CC(C)(NC(C)C)C(=O)O. The van der Waals surface area contributed by atoms with Crippen LogP contribution in [-0.4, -0.2) is 46.2 Å². The van der Waals surface area contributed by atoms with E-state index in [9.17, 15) is 9.90 Å². The van der Waals surface area contributed by atoms with Gasteiger partial charge in [-0.3, -0.25) is 15.0 Å². The third-order valence-electron chi connectivity index (χ3n) is 4.64. The van der Waals surface area contributed by atoms with E-state index in [-0.39, 0.29) is 6.04 Å². The van der Waals surface area contributed by atoms with Crippen LogP contribution < -0.4 is 5.32 Å². The molecule has 2 N–H and O–H groups in total. The summed E-state index contributed by atoms with van der Waals surface area (Å²) in [5, 5.41) is 12.9. The van der Waals surface area contributed by atoms with Crippen molar-refractivity contribution in [3.05, 3.63) is 0 Å². The molecule has 4 heteroatoms. The number of likely N-dealkylation sites (tertiary alicyclic amines) is 1. The van der Waals surface area contributed by atoms with Crippen molar-refractivity contribution in [3.63, 3.8) is 0 Å². The Morgan fingerprint density at radius 1 is 1.38 bits per heavy atom. The normalized spacial score (nSPS) is 24.8. The van der Waals surface area contributed by atoms with Crippen LogP contribution >= 0.6 is 0 Å². The molecule has 3 atom stereocenters. The first-order valence-corrected chi connectivity index (χ1v) is 8.57. The molecule has 1 aliphatic heterocycles. The average Bonchev–Trinajstić information content (AvgIpc) is 2.38. The molecule has 0 aliphatic carbocycles. The molecule has 1 fully saturated rings. The number of carbonyl (C=O) groups is 1. The van der Waals surface area contributed by atoms with Crippen LogP contribution in [0.4, 0.5) is 0 Å². The molecule has 0 radical (unpaired) electrons. The average molecular weight is 298 g/mol. The summed E-state index contributed by atoms with van der Waals surface area (Å²) in [6.45, 7) is 11.4. The second kappa shape index (κ2) is 8.14. The second-order valence-electron chi connectivity index (χ2n) is 7.17. The molecule has 4 nitrogen and oxygen atoms in total. The van der Waals surface area contributed by atoms with Crippen LogP contribution in [0.25, 0.3) is 0 Å². The molecule has 0 aromatic carbocycles. The zero-order valence-electron chi connectivity index (χ0n) is 14.5. The molecule has 0 bridgehead atoms. The van der Waals surface area contributed by atoms with Crippen molar-refractivity contribution in [2.75, 3.05) is 6.54 Å². The van der Waals surface area contributed by atoms with Crippen molar-refractivity contribution >= 4 is 5.97 Å². The van der Waals surface area contributed by atoms with Crippen LogP contribution in [-0.2, 0) is 4.79 Å². The molecule has 21 heavy (non-hydrogen) atoms. The lowest BCUT2D eigenvalue weighted by atomic mass is 9.89. The molecule has 0 amide bonds. The van der Waals surface area contributed by atoms with Crippen LogP contribution in [0.3, 0.4) is 0 Å². The van der Waals surface area contributed by atoms with E-state index in [2.05, 4.69) is 24.1 Å². The summed E-state index contributed by atoms with van der Waals surface area (Å²) < 4.78 is 0. The number of piperidine rings is 1. The standard InChI is InChI=1S/C17H34N2O2/c1-6-9-15-10-7-8-11-19(15)14(4)12-17(5,16(20)21)18-13(2)3/h13-15,18H,6-12H2,1-5H3,(H,20,21). The number of hydrogen-bond donors (Lipinski definition) is 2. The summed E-state index contributed by atoms with van der Waals surface area (Å²) in [5.74, 6) is -0.743. The minimum absolute atomic E-state index is 0.172. The van der Waals surface area contributed by atoms with E-state index in [4.69, 9.17) is 0 Å². The van der Waals surface area contributed by atoms with Gasteiger partial charge in [-0.15, -0.1) is 0 Å². The van der Waals surface area contributed by atoms with Gasteiger partial charge in [-0.05, 0) is 59.9 Å². The highest BCUT2D eigenvalue weighted by atomic mass is 16.4. The molecule has 1 aliphatic rings. The van der Waals surface area contributed by atoms with Gasteiger partial charge in [0.05, 0.1) is 0 Å². The maximum atomic E-state index is 11.7. The minimum Gasteiger partial charge on any atom is -0.480 e. The Kier molecular flexibility index (Phi) is 7.14. The van der Waals surface area contributed by atoms with Crippen LogP contribution in [0.5, 0.6) is 0 Å². The van der Waals surface area contributed by atoms with Gasteiger partial charge in [-0.1, -0.05) is 19.8 Å². The van der Waals surface area contributed by atoms with E-state index in [0.717, 1.165) is 6.54 Å². The first kappa shape index (κ1) is 18.4. The van der Waals surface area contributed by atoms with E-state index in [1.54, 1.807) is 0 Å². The Bertz CT molecular complexity index is 331. The van der Waals surface area contributed by atoms with Gasteiger partial charge in [-0.25, -0.2) is 0 Å². The van der Waals surface area contributed by atoms with Gasteiger partial charge in [0.15, 0.2) is 0 Å². The van der Waals surface area contributed by atoms with Gasteiger partial charge in [0.25, 0.3) is 0 Å². The number of hydrogen-bond acceptors (Lipinski definition) is 3. The monoisotopic (exact) mass is 298 g/mol. The quantitative estimate of drug-likeness (QED) is 0.722. The van der Waals surface area contributed by atoms with Crippen molar-refractivity contribution in [3.8, 4) is 0 Å². The van der Waals surface area contributed by atoms with E-state index >= 15 is 0 Å². The van der Waals surface area contributed by atoms with E-state index < -0.39 is 11.5 Å². The highest BCUT2D eigenvalue weighted by molar-refractivity contribution is 5.78. The molecule has 0 spiro atoms. The fourth-order valence-electron chi connectivity index (χ4n) is 3.80. The van der Waals surface area contributed by atoms with Crippen LogP contribution in [0.15, 0.2) is 0 Å². The Balaban J connectivity index is 2.75. The number of nitrogens with zero attached hydrogens (tertiary/aromatic N) is 1. The summed E-state index contributed by atoms with van der Waals surface area (Å²) in [6, 6.07) is 1.11. The van der Waals surface area contributed by atoms with Gasteiger partial charge in [0, 0.05) is 18.1 Å². The fourth-order valence-corrected chi connectivity index (χ4v) is 3.80. The number of carboxylic acids is 1. The van der Waals surface area contributed by atoms with Crippen molar-refractivity contribution in [1.82, 2.24) is 10.2 Å². The maximum absolute atomic E-state index is 11.7. The summed E-state index contributed by atoms with van der Waals surface area (Å²) in [7, 11) is 0. The van der Waals surface area contributed by atoms with Gasteiger partial charge < -0.3 is 5.11 Å². The third kappa shape index (κ3) is 5.26. The molecule has 1 saturated heterocycles. The first-order valence-electron chi connectivity index (χ1n) is 8.57. The van der Waals surface area contributed by atoms with Crippen molar-refractivity contribution in [1.29, 1.82) is 0 Å². The van der Waals surface area contributed by atoms with E-state index in [1.807, 2.05) is 20.8 Å². The van der Waals surface area contributed by atoms with Crippen molar-refractivity contribution < 1.29 is 9.90 Å². The van der Waals surface area contributed by atoms with Crippen LogP contribution in [0, 0.1) is 0 Å². The third-order valence-corrected chi connectivity index (χ3v) is 4.64. The summed E-state index contributed by atoms with van der Waals surface area (Å²) in [4.78, 5) is 14.3. The van der Waals surface area contributed by atoms with Gasteiger partial charge in [-0.2, -0.15) is 0 Å². The Hall–Kier alpha value is -0.610. The molecule has 1 rings (SSSR count). The zero-order valence-corrected chi connectivity index (χ0v) is 14.5. The first-order chi connectivity index (χ1) is 9.80. The van der Waals surface area contributed by atoms with Crippen LogP contribution in [0.2, 0.25) is 0 Å². The van der Waals surface area contributed by atoms with Crippen molar-refractivity contribution in [2.45, 2.75) is 96.8 Å². The molecule has 124 valence electrons. The number of carboxylic acid groups (broad SMARTS) is 1. The highest BCUT2D eigenvalue weighted by Gasteiger charge is 2.38. The minimum atomic E-state index is -0.845. The van der Waals surface area contributed by atoms with Crippen molar-refractivity contribution in [2.24, 2.45) is 0 Å². The summed E-state index contributed by atoms with van der Waals surface area (Å²) in [5.41, 5.74) is -0.845. The topological polar surface area (TPSA) is 52.6 Å². The number of aliphatic carboxylic acids is 1. The summed E-state index contributed by atoms with van der Waals surface area (Å²) in [6.07, 6.45) is 6.90. The smallest absolute Gasteiger partial charge is 0.323 e. The second-order valence-corrected chi connectivity index (χ2v) is 7.17. The lowest BCUT2D eigenvalue weighted by Gasteiger charge is -2.43. The molecular weight excluding hydrogens is 264 g/mol. The fraction of sp³-hybridized carbons (Fsp3) is 0.941. The number of rotatable bonds is 8. The molecule has 0 aromatic rings. The molecule has 0 saturated carbocycles. The molecule has 0 aromatic heterocycles. The van der Waals surface area contributed by atoms with Crippen LogP contribution in [0.1, 0.15) is 73.1 Å². The summed E-state index contributed by atoms with van der Waals surface area (Å²) >= 11 is 0. The molecule has 1 heterocycles. The Labute approximate surface area is 130 Å². The Morgan fingerprint density at radius 3 is 2.57 bits per heavy atom. The predicted molar refractivity (Wildman–Crippen MR) is 87.6 cm³/mol. The van der Waals surface area contributed by atoms with Gasteiger partial charge >= 0.3 is 5.97 Å². The molecular formula is C17H34N2O2. The van der Waals surface area contributed by atoms with E-state index in [1.165, 1.54) is 32.1 Å². The van der Waals surface area contributed by atoms with E-state index in [0.29, 0.717) is 18.5 Å². The lowest BCUT2D eigenvalue weighted by Crippen LogP contribution is -2.57. The largest absolute Gasteiger partial charge is 0.480 e. The highest BCUT2D eigenvalue weighted by Crippen LogP contribution is 2.27. The zero-order chi connectivity index (χ0) is 16.0. The molecule has 3 unspecified atom stereocenters. The Morgan fingerprint density at radius 2 is 2.05 bits per heavy atom. The maximum Gasteiger partial charge on any atom is 0.323 e. The van der Waals surface area contributed by atoms with Gasteiger partial charge in [0.2, 0.25) is 0 Å². The lowest BCUT2D eigenvalue weighted by molar-refractivity contribution is -0.145. The number of nitrogens with one attached hydrogen (secondary N) is 1. The predicted octanol–water partition coefficient (Wildman–Crippen LogP) is 3.26. The van der Waals surface area contributed by atoms with Gasteiger partial charge in [0.1, 0.15) is 5.54 Å².